The van der Waals surface area contributed by atoms with Crippen LogP contribution < -0.4 is 14.8 Å². The molecule has 0 fully saturated rings. The zero-order chi connectivity index (χ0) is 22.4. The standard InChI is InChI=1S/C20H19F3N4O3S/c1-27-17(11-30-14-7-5-6-13(10-14)20(21,22)23)25-26-19(27)31-12-18(28)24-15-8-3-4-9-16(15)29-2/h3-10H,11-12H2,1-2H3,(H,24,28). The second-order valence-corrected chi connectivity index (χ2v) is 7.25. The highest BCUT2D eigenvalue weighted by atomic mass is 32.2. The van der Waals surface area contributed by atoms with Gasteiger partial charge >= 0.3 is 6.18 Å². The van der Waals surface area contributed by atoms with Crippen LogP contribution in [-0.2, 0) is 24.6 Å². The van der Waals surface area contributed by atoms with Gasteiger partial charge in [0.1, 0.15) is 18.1 Å². The Morgan fingerprint density at radius 1 is 1.16 bits per heavy atom. The van der Waals surface area contributed by atoms with E-state index < -0.39 is 11.7 Å². The van der Waals surface area contributed by atoms with Crippen molar-refractivity contribution < 1.29 is 27.4 Å². The van der Waals surface area contributed by atoms with Crippen molar-refractivity contribution in [2.24, 2.45) is 7.05 Å². The zero-order valence-electron chi connectivity index (χ0n) is 16.6. The summed E-state index contributed by atoms with van der Waals surface area (Å²) in [6.07, 6.45) is -4.45. The number of aromatic nitrogens is 3. The summed E-state index contributed by atoms with van der Waals surface area (Å²) in [5, 5.41) is 11.2. The molecule has 2 aromatic carbocycles. The molecule has 1 heterocycles. The summed E-state index contributed by atoms with van der Waals surface area (Å²) in [7, 11) is 3.20. The third-order valence-electron chi connectivity index (χ3n) is 4.17. The van der Waals surface area contributed by atoms with Gasteiger partial charge in [-0.1, -0.05) is 30.0 Å². The highest BCUT2D eigenvalue weighted by Gasteiger charge is 2.30. The van der Waals surface area contributed by atoms with E-state index in [1.807, 2.05) is 0 Å². The van der Waals surface area contributed by atoms with Crippen molar-refractivity contribution in [2.45, 2.75) is 17.9 Å². The number of methoxy groups -OCH3 is 1. The number of para-hydroxylation sites is 2. The molecule has 0 atom stereocenters. The van der Waals surface area contributed by atoms with Crippen molar-refractivity contribution >= 4 is 23.4 Å². The summed E-state index contributed by atoms with van der Waals surface area (Å²) in [5.74, 6) is 0.861. The van der Waals surface area contributed by atoms with E-state index in [0.29, 0.717) is 22.4 Å². The molecule has 0 saturated heterocycles. The predicted octanol–water partition coefficient (Wildman–Crippen LogP) is 4.15. The number of benzene rings is 2. The number of anilines is 1. The van der Waals surface area contributed by atoms with Crippen molar-refractivity contribution in [3.8, 4) is 11.5 Å². The number of nitrogens with one attached hydrogen (secondary N) is 1. The second-order valence-electron chi connectivity index (χ2n) is 6.31. The third kappa shape index (κ3) is 5.91. The van der Waals surface area contributed by atoms with Gasteiger partial charge in [0.25, 0.3) is 0 Å². The van der Waals surface area contributed by atoms with Gasteiger partial charge in [0.15, 0.2) is 11.0 Å². The van der Waals surface area contributed by atoms with Gasteiger partial charge in [-0.3, -0.25) is 4.79 Å². The van der Waals surface area contributed by atoms with Gasteiger partial charge in [0, 0.05) is 7.05 Å². The summed E-state index contributed by atoms with van der Waals surface area (Å²) < 4.78 is 50.7. The Hall–Kier alpha value is -3.21. The highest BCUT2D eigenvalue weighted by Crippen LogP contribution is 2.31. The van der Waals surface area contributed by atoms with Gasteiger partial charge in [-0.05, 0) is 30.3 Å². The minimum Gasteiger partial charge on any atom is -0.495 e. The van der Waals surface area contributed by atoms with Crippen molar-refractivity contribution in [1.29, 1.82) is 0 Å². The molecule has 164 valence electrons. The zero-order valence-corrected chi connectivity index (χ0v) is 17.5. The first-order valence-corrected chi connectivity index (χ1v) is 10.0. The average molecular weight is 452 g/mol. The number of carbonyl (C=O) groups excluding carboxylic acids is 1. The molecule has 0 unspecified atom stereocenters. The number of ether oxygens (including phenoxy) is 2. The number of hydrogen-bond donors (Lipinski definition) is 1. The smallest absolute Gasteiger partial charge is 0.416 e. The summed E-state index contributed by atoms with van der Waals surface area (Å²) in [5.41, 5.74) is -0.232. The van der Waals surface area contributed by atoms with Crippen LogP contribution in [0.5, 0.6) is 11.5 Å². The van der Waals surface area contributed by atoms with Crippen molar-refractivity contribution in [1.82, 2.24) is 14.8 Å². The number of carbonyl (C=O) groups is 1. The van der Waals surface area contributed by atoms with Crippen molar-refractivity contribution in [2.75, 3.05) is 18.2 Å². The van der Waals surface area contributed by atoms with Crippen LogP contribution in [0.25, 0.3) is 0 Å². The van der Waals surface area contributed by atoms with Crippen LogP contribution in [0, 0.1) is 0 Å². The molecule has 0 aliphatic heterocycles. The Kier molecular flexibility index (Phi) is 7.06. The van der Waals surface area contributed by atoms with Gasteiger partial charge in [-0.2, -0.15) is 13.2 Å². The number of hydrogen-bond acceptors (Lipinski definition) is 6. The van der Waals surface area contributed by atoms with Crippen LogP contribution in [0.3, 0.4) is 0 Å². The fourth-order valence-corrected chi connectivity index (χ4v) is 3.30. The number of rotatable bonds is 8. The molecule has 31 heavy (non-hydrogen) atoms. The topological polar surface area (TPSA) is 78.3 Å². The lowest BCUT2D eigenvalue weighted by atomic mass is 10.2. The first-order chi connectivity index (χ1) is 14.8. The van der Waals surface area contributed by atoms with Crippen LogP contribution in [-0.4, -0.2) is 33.5 Å². The molecule has 0 radical (unpaired) electrons. The molecule has 7 nitrogen and oxygen atoms in total. The van der Waals surface area contributed by atoms with E-state index in [9.17, 15) is 18.0 Å². The monoisotopic (exact) mass is 452 g/mol. The second kappa shape index (κ2) is 9.73. The lowest BCUT2D eigenvalue weighted by molar-refractivity contribution is -0.137. The molecule has 0 bridgehead atoms. The third-order valence-corrected chi connectivity index (χ3v) is 5.19. The molecule has 0 aliphatic rings. The lowest BCUT2D eigenvalue weighted by Gasteiger charge is -2.10. The lowest BCUT2D eigenvalue weighted by Crippen LogP contribution is -2.15. The molecule has 1 amide bonds. The van der Waals surface area contributed by atoms with E-state index in [1.165, 1.54) is 31.0 Å². The number of nitrogens with zero attached hydrogens (tertiary/aromatic N) is 3. The van der Waals surface area contributed by atoms with Crippen LogP contribution in [0.2, 0.25) is 0 Å². The normalized spacial score (nSPS) is 11.3. The molecular weight excluding hydrogens is 433 g/mol. The summed E-state index contributed by atoms with van der Waals surface area (Å²) >= 11 is 1.17. The Labute approximate surface area is 180 Å². The van der Waals surface area contributed by atoms with E-state index in [-0.39, 0.29) is 24.0 Å². The molecule has 1 aromatic heterocycles. The maximum Gasteiger partial charge on any atom is 0.416 e. The quantitative estimate of drug-likeness (QED) is 0.518. The maximum absolute atomic E-state index is 12.8. The number of halogens is 3. The Morgan fingerprint density at radius 3 is 2.68 bits per heavy atom. The van der Waals surface area contributed by atoms with Gasteiger partial charge < -0.3 is 19.4 Å². The van der Waals surface area contributed by atoms with E-state index in [1.54, 1.807) is 35.9 Å². The van der Waals surface area contributed by atoms with Gasteiger partial charge in [0.05, 0.1) is 24.1 Å². The molecule has 0 aliphatic carbocycles. The molecule has 1 N–H and O–H groups in total. The van der Waals surface area contributed by atoms with Crippen LogP contribution in [0.4, 0.5) is 18.9 Å². The molecule has 11 heteroatoms. The predicted molar refractivity (Wildman–Crippen MR) is 109 cm³/mol. The fourth-order valence-electron chi connectivity index (χ4n) is 2.57. The number of alkyl halides is 3. The summed E-state index contributed by atoms with van der Waals surface area (Å²) in [6, 6.07) is 11.7. The summed E-state index contributed by atoms with van der Waals surface area (Å²) in [6.45, 7) is -0.0707. The first-order valence-electron chi connectivity index (χ1n) is 9.02. The average Bonchev–Trinajstić information content (AvgIpc) is 3.10. The molecule has 3 rings (SSSR count). The molecule has 3 aromatic rings. The molecule has 0 spiro atoms. The Morgan fingerprint density at radius 2 is 1.94 bits per heavy atom. The SMILES string of the molecule is COc1ccccc1NC(=O)CSc1nnc(COc2cccc(C(F)(F)F)c2)n1C. The number of thioether (sulfide) groups is 1. The van der Waals surface area contributed by atoms with E-state index in [2.05, 4.69) is 15.5 Å². The van der Waals surface area contributed by atoms with E-state index in [4.69, 9.17) is 9.47 Å². The van der Waals surface area contributed by atoms with E-state index >= 15 is 0 Å². The highest BCUT2D eigenvalue weighted by molar-refractivity contribution is 7.99. The molecule has 0 saturated carbocycles. The summed E-state index contributed by atoms with van der Waals surface area (Å²) in [4.78, 5) is 12.2. The van der Waals surface area contributed by atoms with Crippen LogP contribution in [0.15, 0.2) is 53.7 Å². The maximum atomic E-state index is 12.8. The number of amides is 1. The van der Waals surface area contributed by atoms with Gasteiger partial charge in [0.2, 0.25) is 5.91 Å². The van der Waals surface area contributed by atoms with Crippen molar-refractivity contribution in [3.05, 3.63) is 59.9 Å². The van der Waals surface area contributed by atoms with Crippen molar-refractivity contribution in [3.63, 3.8) is 0 Å². The van der Waals surface area contributed by atoms with E-state index in [0.717, 1.165) is 12.1 Å². The van der Waals surface area contributed by atoms with Crippen LogP contribution >= 0.6 is 11.8 Å². The Bertz CT molecular complexity index is 1060. The first kappa shape index (κ1) is 22.5. The van der Waals surface area contributed by atoms with Gasteiger partial charge in [-0.25, -0.2) is 0 Å². The Balaban J connectivity index is 1.56. The fraction of sp³-hybridized carbons (Fsp3) is 0.250. The minimum atomic E-state index is -4.45. The molecular formula is C20H19F3N4O3S. The minimum absolute atomic E-state index is 0.0707. The van der Waals surface area contributed by atoms with Crippen LogP contribution in [0.1, 0.15) is 11.4 Å². The largest absolute Gasteiger partial charge is 0.495 e. The van der Waals surface area contributed by atoms with Gasteiger partial charge in [-0.15, -0.1) is 10.2 Å².